The van der Waals surface area contributed by atoms with E-state index in [1.807, 2.05) is 6.07 Å². The summed E-state index contributed by atoms with van der Waals surface area (Å²) in [6, 6.07) is 14.3. The number of rotatable bonds is 2. The molecule has 106 valence electrons. The molecule has 2 aromatic rings. The Kier molecular flexibility index (Phi) is 3.50. The summed E-state index contributed by atoms with van der Waals surface area (Å²) in [4.78, 5) is 16.0. The van der Waals surface area contributed by atoms with Gasteiger partial charge >= 0.3 is 5.97 Å². The van der Waals surface area contributed by atoms with Gasteiger partial charge in [0.2, 0.25) is 5.90 Å². The molecule has 0 N–H and O–H groups in total. The first-order valence-corrected chi connectivity index (χ1v) is 6.44. The van der Waals surface area contributed by atoms with Crippen LogP contribution in [0.15, 0.2) is 59.2 Å². The van der Waals surface area contributed by atoms with Crippen molar-refractivity contribution < 1.29 is 13.9 Å². The summed E-state index contributed by atoms with van der Waals surface area (Å²) >= 11 is 0. The van der Waals surface area contributed by atoms with E-state index in [9.17, 15) is 9.18 Å². The molecule has 1 heterocycles. The Hall–Kier alpha value is -3.26. The minimum Gasteiger partial charge on any atom is -0.402 e. The van der Waals surface area contributed by atoms with Gasteiger partial charge in [0.25, 0.3) is 0 Å². The topological polar surface area (TPSA) is 62.4 Å². The predicted molar refractivity (Wildman–Crippen MR) is 78.2 cm³/mol. The molecule has 0 radical (unpaired) electrons. The lowest BCUT2D eigenvalue weighted by Gasteiger charge is -1.98. The van der Waals surface area contributed by atoms with E-state index in [4.69, 9.17) is 10.00 Å². The predicted octanol–water partition coefficient (Wildman–Crippen LogP) is 3.04. The Morgan fingerprint density at radius 1 is 1.18 bits per heavy atom. The van der Waals surface area contributed by atoms with Crippen LogP contribution in [0.4, 0.5) is 4.39 Å². The van der Waals surface area contributed by atoms with Crippen molar-refractivity contribution in [2.75, 3.05) is 0 Å². The van der Waals surface area contributed by atoms with Crippen molar-refractivity contribution >= 4 is 17.9 Å². The lowest BCUT2D eigenvalue weighted by atomic mass is 10.1. The summed E-state index contributed by atoms with van der Waals surface area (Å²) in [7, 11) is 0. The Bertz CT molecular complexity index is 846. The number of nitriles is 1. The van der Waals surface area contributed by atoms with Crippen molar-refractivity contribution in [3.63, 3.8) is 0 Å². The molecule has 0 amide bonds. The zero-order chi connectivity index (χ0) is 15.5. The monoisotopic (exact) mass is 292 g/mol. The fourth-order valence-corrected chi connectivity index (χ4v) is 1.98. The number of cyclic esters (lactones) is 1. The average molecular weight is 292 g/mol. The van der Waals surface area contributed by atoms with Gasteiger partial charge in [-0.2, -0.15) is 5.26 Å². The minimum absolute atomic E-state index is 0.132. The van der Waals surface area contributed by atoms with Gasteiger partial charge in [0.1, 0.15) is 5.82 Å². The molecule has 5 heteroatoms. The van der Waals surface area contributed by atoms with Crippen LogP contribution in [0.25, 0.3) is 6.08 Å². The second kappa shape index (κ2) is 5.62. The smallest absolute Gasteiger partial charge is 0.363 e. The molecule has 0 fully saturated rings. The third kappa shape index (κ3) is 2.76. The molecule has 1 aliphatic rings. The van der Waals surface area contributed by atoms with Crippen molar-refractivity contribution in [2.45, 2.75) is 0 Å². The molecule has 4 nitrogen and oxygen atoms in total. The van der Waals surface area contributed by atoms with E-state index in [-0.39, 0.29) is 17.4 Å². The quantitative estimate of drug-likeness (QED) is 0.631. The Labute approximate surface area is 125 Å². The number of nitrogens with zero attached hydrogens (tertiary/aromatic N) is 2. The van der Waals surface area contributed by atoms with Crippen LogP contribution in [0.2, 0.25) is 0 Å². The van der Waals surface area contributed by atoms with Gasteiger partial charge in [-0.3, -0.25) is 0 Å². The van der Waals surface area contributed by atoms with Crippen LogP contribution in [0.1, 0.15) is 16.7 Å². The summed E-state index contributed by atoms with van der Waals surface area (Å²) in [5.74, 6) is -0.827. The lowest BCUT2D eigenvalue weighted by Crippen LogP contribution is -2.05. The highest BCUT2D eigenvalue weighted by Gasteiger charge is 2.24. The number of halogens is 1. The molecular formula is C17H9FN2O2. The van der Waals surface area contributed by atoms with Crippen LogP contribution in [0.3, 0.4) is 0 Å². The van der Waals surface area contributed by atoms with E-state index in [1.165, 1.54) is 24.3 Å². The fourth-order valence-electron chi connectivity index (χ4n) is 1.98. The first-order valence-electron chi connectivity index (χ1n) is 6.44. The van der Waals surface area contributed by atoms with Gasteiger partial charge in [0.05, 0.1) is 11.6 Å². The van der Waals surface area contributed by atoms with Gasteiger partial charge in [-0.1, -0.05) is 12.1 Å². The first kappa shape index (κ1) is 13.7. The molecule has 0 saturated heterocycles. The van der Waals surface area contributed by atoms with Crippen molar-refractivity contribution in [2.24, 2.45) is 4.99 Å². The van der Waals surface area contributed by atoms with Crippen LogP contribution >= 0.6 is 0 Å². The number of hydrogen-bond acceptors (Lipinski definition) is 4. The number of carbonyl (C=O) groups excluding carboxylic acids is 1. The normalized spacial score (nSPS) is 15.4. The highest BCUT2D eigenvalue weighted by atomic mass is 19.1. The average Bonchev–Trinajstić information content (AvgIpc) is 2.89. The maximum Gasteiger partial charge on any atom is 0.363 e. The summed E-state index contributed by atoms with van der Waals surface area (Å²) < 4.78 is 18.0. The van der Waals surface area contributed by atoms with E-state index in [2.05, 4.69) is 4.99 Å². The molecule has 0 bridgehead atoms. The van der Waals surface area contributed by atoms with Crippen molar-refractivity contribution in [1.29, 1.82) is 5.26 Å². The van der Waals surface area contributed by atoms with E-state index >= 15 is 0 Å². The van der Waals surface area contributed by atoms with Crippen LogP contribution in [-0.2, 0) is 9.53 Å². The van der Waals surface area contributed by atoms with Crippen molar-refractivity contribution in [3.05, 3.63) is 76.7 Å². The maximum absolute atomic E-state index is 12.9. The summed E-state index contributed by atoms with van der Waals surface area (Å²) in [6.07, 6.45) is 1.54. The van der Waals surface area contributed by atoms with Crippen LogP contribution in [0, 0.1) is 17.1 Å². The second-order valence-electron chi connectivity index (χ2n) is 4.58. The summed E-state index contributed by atoms with van der Waals surface area (Å²) in [6.45, 7) is 0. The highest BCUT2D eigenvalue weighted by molar-refractivity contribution is 6.12. The number of carbonyl (C=O) groups is 1. The van der Waals surface area contributed by atoms with Crippen LogP contribution < -0.4 is 0 Å². The maximum atomic E-state index is 12.9. The molecule has 0 saturated carbocycles. The fraction of sp³-hybridized carbons (Fsp3) is 0. The Morgan fingerprint density at radius 3 is 2.68 bits per heavy atom. The first-order chi connectivity index (χ1) is 10.7. The number of benzene rings is 2. The SMILES string of the molecule is N#Cc1cccc(/C=C2\N=C(c3ccc(F)cc3)OC2=O)c1. The van der Waals surface area contributed by atoms with Gasteiger partial charge in [0, 0.05) is 5.56 Å². The van der Waals surface area contributed by atoms with Crippen LogP contribution in [-0.4, -0.2) is 11.9 Å². The van der Waals surface area contributed by atoms with E-state index in [1.54, 1.807) is 30.3 Å². The molecule has 0 unspecified atom stereocenters. The molecular weight excluding hydrogens is 283 g/mol. The largest absolute Gasteiger partial charge is 0.402 e. The van der Waals surface area contributed by atoms with Gasteiger partial charge in [-0.25, -0.2) is 14.2 Å². The molecule has 0 aromatic heterocycles. The van der Waals surface area contributed by atoms with Gasteiger partial charge in [-0.15, -0.1) is 0 Å². The highest BCUT2D eigenvalue weighted by Crippen LogP contribution is 2.19. The number of hydrogen-bond donors (Lipinski definition) is 0. The van der Waals surface area contributed by atoms with Gasteiger partial charge in [-0.05, 0) is 48.0 Å². The minimum atomic E-state index is -0.582. The van der Waals surface area contributed by atoms with Gasteiger partial charge in [0.15, 0.2) is 5.70 Å². The molecule has 0 spiro atoms. The zero-order valence-corrected chi connectivity index (χ0v) is 11.3. The number of aliphatic imine (C=N–C) groups is 1. The summed E-state index contributed by atoms with van der Waals surface area (Å²) in [5, 5.41) is 8.87. The third-order valence-corrected chi connectivity index (χ3v) is 3.03. The van der Waals surface area contributed by atoms with E-state index in [0.29, 0.717) is 16.7 Å². The summed E-state index contributed by atoms with van der Waals surface area (Å²) in [5.41, 5.74) is 1.82. The molecule has 0 aliphatic carbocycles. The van der Waals surface area contributed by atoms with Crippen molar-refractivity contribution in [1.82, 2.24) is 0 Å². The Balaban J connectivity index is 1.94. The standard InChI is InChI=1S/C17H9FN2O2/c18-14-6-4-13(5-7-14)16-20-15(17(21)22-16)9-11-2-1-3-12(8-11)10-19/h1-9H/b15-9-. The molecule has 22 heavy (non-hydrogen) atoms. The molecule has 3 rings (SSSR count). The molecule has 2 aromatic carbocycles. The number of ether oxygens (including phenoxy) is 1. The Morgan fingerprint density at radius 2 is 1.95 bits per heavy atom. The lowest BCUT2D eigenvalue weighted by molar-refractivity contribution is -0.129. The van der Waals surface area contributed by atoms with Crippen LogP contribution in [0.5, 0.6) is 0 Å². The zero-order valence-electron chi connectivity index (χ0n) is 11.3. The van der Waals surface area contributed by atoms with E-state index in [0.717, 1.165) is 0 Å². The van der Waals surface area contributed by atoms with Crippen molar-refractivity contribution in [3.8, 4) is 6.07 Å². The second-order valence-corrected chi connectivity index (χ2v) is 4.58. The van der Waals surface area contributed by atoms with E-state index < -0.39 is 5.97 Å². The molecule has 0 atom stereocenters. The number of esters is 1. The third-order valence-electron chi connectivity index (χ3n) is 3.03. The van der Waals surface area contributed by atoms with Gasteiger partial charge < -0.3 is 4.74 Å². The molecule has 1 aliphatic heterocycles.